The van der Waals surface area contributed by atoms with Crippen LogP contribution >= 0.6 is 0 Å². The van der Waals surface area contributed by atoms with E-state index in [9.17, 15) is 23.1 Å². The number of rotatable bonds is 3. The van der Waals surface area contributed by atoms with Crippen molar-refractivity contribution in [3.63, 3.8) is 0 Å². The number of hydrogen-bond donors (Lipinski definition) is 1. The molecule has 1 atom stereocenters. The van der Waals surface area contributed by atoms with Gasteiger partial charge in [0, 0.05) is 26.2 Å². The average molecular weight is 281 g/mol. The molecule has 0 spiro atoms. The lowest BCUT2D eigenvalue weighted by atomic mass is 9.85. The normalized spacial score (nSPS) is 32.4. The summed E-state index contributed by atoms with van der Waals surface area (Å²) < 4.78 is 43.2. The fourth-order valence-electron chi connectivity index (χ4n) is 2.69. The minimum absolute atomic E-state index is 0.144. The topological polar surface area (TPSA) is 49.8 Å². The minimum atomic E-state index is -4.59. The molecule has 0 saturated carbocycles. The third-order valence-corrected chi connectivity index (χ3v) is 4.13. The summed E-state index contributed by atoms with van der Waals surface area (Å²) >= 11 is 0. The maximum atomic E-state index is 12.7. The highest BCUT2D eigenvalue weighted by Gasteiger charge is 2.54. The van der Waals surface area contributed by atoms with Crippen molar-refractivity contribution in [3.05, 3.63) is 0 Å². The van der Waals surface area contributed by atoms with E-state index in [4.69, 9.17) is 4.74 Å². The molecule has 110 valence electrons. The zero-order valence-corrected chi connectivity index (χ0v) is 10.6. The third kappa shape index (κ3) is 2.93. The van der Waals surface area contributed by atoms with Gasteiger partial charge in [0.25, 0.3) is 0 Å². The van der Waals surface area contributed by atoms with Crippen LogP contribution in [0.2, 0.25) is 0 Å². The van der Waals surface area contributed by atoms with Crippen LogP contribution in [0.25, 0.3) is 0 Å². The van der Waals surface area contributed by atoms with Crippen molar-refractivity contribution in [2.45, 2.75) is 31.0 Å². The molecule has 7 heteroatoms. The Balaban J connectivity index is 1.92. The van der Waals surface area contributed by atoms with Crippen LogP contribution in [-0.2, 0) is 9.53 Å². The number of carbonyl (C=O) groups is 1. The van der Waals surface area contributed by atoms with Crippen molar-refractivity contribution in [2.75, 3.05) is 32.8 Å². The van der Waals surface area contributed by atoms with Gasteiger partial charge in [-0.05, 0) is 19.3 Å². The molecule has 2 fully saturated rings. The molecule has 1 unspecified atom stereocenters. The van der Waals surface area contributed by atoms with Gasteiger partial charge in [-0.15, -0.1) is 0 Å². The number of aldehydes is 1. The van der Waals surface area contributed by atoms with Crippen molar-refractivity contribution in [3.8, 4) is 0 Å². The number of aliphatic hydroxyl groups is 1. The Hall–Kier alpha value is -0.660. The second-order valence-corrected chi connectivity index (χ2v) is 5.59. The molecule has 1 N–H and O–H groups in total. The van der Waals surface area contributed by atoms with Gasteiger partial charge in [-0.1, -0.05) is 0 Å². The molecule has 0 radical (unpaired) electrons. The van der Waals surface area contributed by atoms with E-state index in [1.807, 2.05) is 4.90 Å². The van der Waals surface area contributed by atoms with Crippen LogP contribution in [0.3, 0.4) is 0 Å². The summed E-state index contributed by atoms with van der Waals surface area (Å²) in [5, 5.41) is 9.56. The summed E-state index contributed by atoms with van der Waals surface area (Å²) in [5.74, 6) is 0. The SMILES string of the molecule is O=CC1(CN2CCC(O)(C(F)(F)F)CC2)CCOC1. The zero-order chi connectivity index (χ0) is 14.1. The van der Waals surface area contributed by atoms with E-state index < -0.39 is 17.2 Å². The number of alkyl halides is 3. The zero-order valence-electron chi connectivity index (χ0n) is 10.6. The van der Waals surface area contributed by atoms with Crippen LogP contribution in [-0.4, -0.2) is 60.9 Å². The lowest BCUT2D eigenvalue weighted by Crippen LogP contribution is -2.55. The quantitative estimate of drug-likeness (QED) is 0.784. The first-order valence-electron chi connectivity index (χ1n) is 6.36. The Morgan fingerprint density at radius 2 is 1.89 bits per heavy atom. The number of piperidine rings is 1. The summed E-state index contributed by atoms with van der Waals surface area (Å²) in [6.07, 6.45) is -3.81. The number of carbonyl (C=O) groups excluding carboxylic acids is 1. The number of hydrogen-bond acceptors (Lipinski definition) is 4. The molecule has 0 bridgehead atoms. The molecule has 0 aliphatic carbocycles. The van der Waals surface area contributed by atoms with E-state index in [0.717, 1.165) is 6.29 Å². The van der Waals surface area contributed by atoms with Gasteiger partial charge in [-0.25, -0.2) is 0 Å². The van der Waals surface area contributed by atoms with Crippen molar-refractivity contribution in [1.29, 1.82) is 0 Å². The van der Waals surface area contributed by atoms with E-state index in [-0.39, 0.29) is 25.9 Å². The van der Waals surface area contributed by atoms with Gasteiger partial charge in [0.1, 0.15) is 6.29 Å². The highest BCUT2D eigenvalue weighted by molar-refractivity contribution is 5.60. The van der Waals surface area contributed by atoms with E-state index >= 15 is 0 Å². The molecule has 2 rings (SSSR count). The largest absolute Gasteiger partial charge is 0.417 e. The second kappa shape index (κ2) is 5.03. The summed E-state index contributed by atoms with van der Waals surface area (Å²) in [6.45, 7) is 1.54. The van der Waals surface area contributed by atoms with Crippen molar-refractivity contribution in [2.24, 2.45) is 5.41 Å². The monoisotopic (exact) mass is 281 g/mol. The van der Waals surface area contributed by atoms with E-state index in [1.165, 1.54) is 0 Å². The van der Waals surface area contributed by atoms with Gasteiger partial charge in [-0.2, -0.15) is 13.2 Å². The Morgan fingerprint density at radius 1 is 1.26 bits per heavy atom. The first-order valence-corrected chi connectivity index (χ1v) is 6.36. The lowest BCUT2D eigenvalue weighted by molar-refractivity contribution is -0.273. The van der Waals surface area contributed by atoms with Crippen LogP contribution in [0, 0.1) is 5.41 Å². The first-order chi connectivity index (χ1) is 8.80. The predicted octanol–water partition coefficient (Wildman–Crippen LogP) is 0.981. The van der Waals surface area contributed by atoms with Gasteiger partial charge in [-0.3, -0.25) is 0 Å². The Bertz CT molecular complexity index is 332. The summed E-state index contributed by atoms with van der Waals surface area (Å²) in [4.78, 5) is 13.0. The molecule has 4 nitrogen and oxygen atoms in total. The molecule has 2 aliphatic heterocycles. The Kier molecular flexibility index (Phi) is 3.90. The van der Waals surface area contributed by atoms with E-state index in [1.54, 1.807) is 0 Å². The van der Waals surface area contributed by atoms with Crippen LogP contribution < -0.4 is 0 Å². The molecular weight excluding hydrogens is 263 g/mol. The highest BCUT2D eigenvalue weighted by atomic mass is 19.4. The molecule has 2 heterocycles. The maximum Gasteiger partial charge on any atom is 0.417 e. The maximum absolute atomic E-state index is 12.7. The van der Waals surface area contributed by atoms with Gasteiger partial charge in [0.05, 0.1) is 12.0 Å². The molecular formula is C12H18F3NO3. The molecule has 2 aliphatic rings. The van der Waals surface area contributed by atoms with E-state index in [2.05, 4.69) is 0 Å². The fourth-order valence-corrected chi connectivity index (χ4v) is 2.69. The average Bonchev–Trinajstić information content (AvgIpc) is 2.80. The van der Waals surface area contributed by atoms with Crippen LogP contribution in [0.4, 0.5) is 13.2 Å². The highest BCUT2D eigenvalue weighted by Crippen LogP contribution is 2.39. The van der Waals surface area contributed by atoms with E-state index in [0.29, 0.717) is 26.2 Å². The fraction of sp³-hybridized carbons (Fsp3) is 0.917. The van der Waals surface area contributed by atoms with Crippen LogP contribution in [0.1, 0.15) is 19.3 Å². The lowest BCUT2D eigenvalue weighted by Gasteiger charge is -2.41. The van der Waals surface area contributed by atoms with Gasteiger partial charge >= 0.3 is 6.18 Å². The van der Waals surface area contributed by atoms with Crippen LogP contribution in [0.5, 0.6) is 0 Å². The smallest absolute Gasteiger partial charge is 0.380 e. The minimum Gasteiger partial charge on any atom is -0.380 e. The second-order valence-electron chi connectivity index (χ2n) is 5.59. The van der Waals surface area contributed by atoms with Gasteiger partial charge in [0.15, 0.2) is 5.60 Å². The number of halogens is 3. The molecule has 0 aromatic rings. The summed E-state index contributed by atoms with van der Waals surface area (Å²) in [6, 6.07) is 0. The number of nitrogens with zero attached hydrogens (tertiary/aromatic N) is 1. The molecule has 0 aromatic carbocycles. The van der Waals surface area contributed by atoms with Crippen LogP contribution in [0.15, 0.2) is 0 Å². The molecule has 0 amide bonds. The predicted molar refractivity (Wildman–Crippen MR) is 60.6 cm³/mol. The van der Waals surface area contributed by atoms with Crippen molar-refractivity contribution in [1.82, 2.24) is 4.90 Å². The summed E-state index contributed by atoms with van der Waals surface area (Å²) in [5.41, 5.74) is -3.17. The standard InChI is InChI=1S/C12H18F3NO3/c13-12(14,15)11(18)1-4-16(5-2-11)7-10(8-17)3-6-19-9-10/h8,18H,1-7,9H2. The molecule has 2 saturated heterocycles. The number of likely N-dealkylation sites (tertiary alicyclic amines) is 1. The third-order valence-electron chi connectivity index (χ3n) is 4.13. The Morgan fingerprint density at radius 3 is 2.32 bits per heavy atom. The van der Waals surface area contributed by atoms with Gasteiger partial charge < -0.3 is 19.5 Å². The Labute approximate surface area is 109 Å². The van der Waals surface area contributed by atoms with Crippen molar-refractivity contribution < 1.29 is 27.8 Å². The number of ether oxygens (including phenoxy) is 1. The first kappa shape index (κ1) is 14.7. The van der Waals surface area contributed by atoms with Gasteiger partial charge in [0.2, 0.25) is 0 Å². The summed E-state index contributed by atoms with van der Waals surface area (Å²) in [7, 11) is 0. The van der Waals surface area contributed by atoms with Crippen molar-refractivity contribution >= 4 is 6.29 Å². The molecule has 19 heavy (non-hydrogen) atoms. The molecule has 0 aromatic heterocycles.